The number of carboxylic acid groups (broad SMARTS) is 1. The van der Waals surface area contributed by atoms with Gasteiger partial charge in [-0.25, -0.2) is 4.68 Å². The van der Waals surface area contributed by atoms with E-state index in [1.807, 2.05) is 19.1 Å². The molecule has 1 fully saturated rings. The Labute approximate surface area is 150 Å². The summed E-state index contributed by atoms with van der Waals surface area (Å²) in [6.07, 6.45) is 3.95. The van der Waals surface area contributed by atoms with Gasteiger partial charge in [-0.05, 0) is 43.9 Å². The van der Waals surface area contributed by atoms with E-state index >= 15 is 0 Å². The molecule has 1 aromatic heterocycles. The molecule has 1 aliphatic carbocycles. The lowest BCUT2D eigenvalue weighted by molar-refractivity contribution is -0.141. The first-order valence-corrected chi connectivity index (χ1v) is 8.74. The zero-order valence-corrected chi connectivity index (χ0v) is 14.7. The SMILES string of the molecule is CCc1c(C(=O)N[C@H]2CC[C@@H](C(=O)O)C2)cnn1-c1cccc(Cl)c1. The van der Waals surface area contributed by atoms with E-state index in [1.54, 1.807) is 23.0 Å². The molecule has 6 nitrogen and oxygen atoms in total. The van der Waals surface area contributed by atoms with E-state index < -0.39 is 5.97 Å². The van der Waals surface area contributed by atoms with Gasteiger partial charge in [-0.1, -0.05) is 24.6 Å². The molecule has 2 N–H and O–H groups in total. The largest absolute Gasteiger partial charge is 0.481 e. The second-order valence-corrected chi connectivity index (χ2v) is 6.71. The molecule has 7 heteroatoms. The Morgan fingerprint density at radius 2 is 2.20 bits per heavy atom. The van der Waals surface area contributed by atoms with Crippen molar-refractivity contribution in [2.24, 2.45) is 5.92 Å². The minimum atomic E-state index is -0.792. The highest BCUT2D eigenvalue weighted by atomic mass is 35.5. The fourth-order valence-corrected chi connectivity index (χ4v) is 3.52. The van der Waals surface area contributed by atoms with Crippen molar-refractivity contribution in [2.45, 2.75) is 38.6 Å². The first-order chi connectivity index (χ1) is 12.0. The zero-order chi connectivity index (χ0) is 18.0. The molecule has 0 spiro atoms. The van der Waals surface area contributed by atoms with Crippen LogP contribution >= 0.6 is 11.6 Å². The molecule has 1 heterocycles. The predicted octanol–water partition coefficient (Wildman–Crippen LogP) is 3.07. The Hall–Kier alpha value is -2.34. The van der Waals surface area contributed by atoms with Crippen LogP contribution in [0, 0.1) is 5.92 Å². The molecule has 1 saturated carbocycles. The Kier molecular flexibility index (Phi) is 5.08. The molecule has 0 aliphatic heterocycles. The van der Waals surface area contributed by atoms with Gasteiger partial charge in [0, 0.05) is 11.1 Å². The number of aliphatic carboxylic acids is 1. The summed E-state index contributed by atoms with van der Waals surface area (Å²) in [5, 5.41) is 17.0. The average Bonchev–Trinajstić information content (AvgIpc) is 3.21. The lowest BCUT2D eigenvalue weighted by Crippen LogP contribution is -2.33. The molecule has 1 aliphatic rings. The molecule has 0 unspecified atom stereocenters. The van der Waals surface area contributed by atoms with Crippen LogP contribution in [0.3, 0.4) is 0 Å². The normalized spacial score (nSPS) is 19.8. The van der Waals surface area contributed by atoms with E-state index in [-0.39, 0.29) is 17.9 Å². The number of halogens is 1. The van der Waals surface area contributed by atoms with Crippen molar-refractivity contribution in [1.82, 2.24) is 15.1 Å². The molecule has 1 amide bonds. The summed E-state index contributed by atoms with van der Waals surface area (Å²) in [5.74, 6) is -1.37. The Morgan fingerprint density at radius 3 is 2.84 bits per heavy atom. The summed E-state index contributed by atoms with van der Waals surface area (Å²) in [6.45, 7) is 1.96. The number of hydrogen-bond donors (Lipinski definition) is 2. The third kappa shape index (κ3) is 3.69. The van der Waals surface area contributed by atoms with Crippen molar-refractivity contribution in [3.8, 4) is 5.69 Å². The van der Waals surface area contributed by atoms with Gasteiger partial charge in [0.05, 0.1) is 29.1 Å². The number of carbonyl (C=O) groups is 2. The first kappa shape index (κ1) is 17.5. The third-order valence-corrected chi connectivity index (χ3v) is 4.85. The smallest absolute Gasteiger partial charge is 0.306 e. The van der Waals surface area contributed by atoms with Crippen molar-refractivity contribution < 1.29 is 14.7 Å². The van der Waals surface area contributed by atoms with E-state index in [1.165, 1.54) is 0 Å². The topological polar surface area (TPSA) is 84.2 Å². The molecule has 25 heavy (non-hydrogen) atoms. The van der Waals surface area contributed by atoms with Crippen LogP contribution in [0.4, 0.5) is 0 Å². The molecule has 1 aromatic carbocycles. The number of nitrogens with one attached hydrogen (secondary N) is 1. The van der Waals surface area contributed by atoms with Crippen molar-refractivity contribution in [2.75, 3.05) is 0 Å². The fraction of sp³-hybridized carbons (Fsp3) is 0.389. The summed E-state index contributed by atoms with van der Waals surface area (Å²) >= 11 is 6.04. The quantitative estimate of drug-likeness (QED) is 0.857. The maximum absolute atomic E-state index is 12.6. The second-order valence-electron chi connectivity index (χ2n) is 6.27. The number of hydrogen-bond acceptors (Lipinski definition) is 3. The minimum Gasteiger partial charge on any atom is -0.481 e. The lowest BCUT2D eigenvalue weighted by Gasteiger charge is -2.13. The van der Waals surface area contributed by atoms with E-state index in [2.05, 4.69) is 10.4 Å². The van der Waals surface area contributed by atoms with Crippen molar-refractivity contribution in [3.05, 3.63) is 46.7 Å². The number of rotatable bonds is 5. The molecular formula is C18H20ClN3O3. The highest BCUT2D eigenvalue weighted by Gasteiger charge is 2.31. The van der Waals surface area contributed by atoms with E-state index in [0.717, 1.165) is 11.4 Å². The molecule has 2 aromatic rings. The van der Waals surface area contributed by atoms with Crippen LogP contribution in [0.15, 0.2) is 30.5 Å². The summed E-state index contributed by atoms with van der Waals surface area (Å²) in [5.41, 5.74) is 2.11. The first-order valence-electron chi connectivity index (χ1n) is 8.36. The van der Waals surface area contributed by atoms with Crippen LogP contribution in [0.2, 0.25) is 5.02 Å². The van der Waals surface area contributed by atoms with Crippen LogP contribution < -0.4 is 5.32 Å². The highest BCUT2D eigenvalue weighted by molar-refractivity contribution is 6.30. The molecule has 2 atom stereocenters. The summed E-state index contributed by atoms with van der Waals surface area (Å²) < 4.78 is 1.72. The molecule has 0 bridgehead atoms. The van der Waals surface area contributed by atoms with E-state index in [0.29, 0.717) is 36.3 Å². The number of carboxylic acids is 1. The van der Waals surface area contributed by atoms with E-state index in [4.69, 9.17) is 16.7 Å². The Balaban J connectivity index is 1.79. The van der Waals surface area contributed by atoms with Crippen LogP contribution in [-0.2, 0) is 11.2 Å². The fourth-order valence-electron chi connectivity index (χ4n) is 3.33. The van der Waals surface area contributed by atoms with Gasteiger partial charge in [-0.3, -0.25) is 9.59 Å². The van der Waals surface area contributed by atoms with Crippen LogP contribution in [0.1, 0.15) is 42.2 Å². The number of carbonyl (C=O) groups excluding carboxylic acids is 1. The van der Waals surface area contributed by atoms with Crippen molar-refractivity contribution in [1.29, 1.82) is 0 Å². The standard InChI is InChI=1S/C18H20ClN3O3/c1-2-16-15(10-20-22(16)14-5-3-4-12(19)9-14)17(23)21-13-7-6-11(8-13)18(24)25/h3-5,9-11,13H,2,6-8H2,1H3,(H,21,23)(H,24,25)/t11-,13+/m1/s1. The monoisotopic (exact) mass is 361 g/mol. The Morgan fingerprint density at radius 1 is 1.40 bits per heavy atom. The number of nitrogens with zero attached hydrogens (tertiary/aromatic N) is 2. The summed E-state index contributed by atoms with van der Waals surface area (Å²) in [4.78, 5) is 23.7. The van der Waals surface area contributed by atoms with Gasteiger partial charge in [0.15, 0.2) is 0 Å². The van der Waals surface area contributed by atoms with Gasteiger partial charge in [0.25, 0.3) is 5.91 Å². The Bertz CT molecular complexity index is 803. The van der Waals surface area contributed by atoms with E-state index in [9.17, 15) is 9.59 Å². The average molecular weight is 362 g/mol. The third-order valence-electron chi connectivity index (χ3n) is 4.62. The van der Waals surface area contributed by atoms with Gasteiger partial charge in [-0.2, -0.15) is 5.10 Å². The van der Waals surface area contributed by atoms with Gasteiger partial charge >= 0.3 is 5.97 Å². The summed E-state index contributed by atoms with van der Waals surface area (Å²) in [7, 11) is 0. The molecule has 0 saturated heterocycles. The highest BCUT2D eigenvalue weighted by Crippen LogP contribution is 2.26. The van der Waals surface area contributed by atoms with Crippen LogP contribution in [0.25, 0.3) is 5.69 Å². The second kappa shape index (κ2) is 7.27. The maximum atomic E-state index is 12.6. The molecule has 0 radical (unpaired) electrons. The van der Waals surface area contributed by atoms with Crippen molar-refractivity contribution >= 4 is 23.5 Å². The maximum Gasteiger partial charge on any atom is 0.306 e. The van der Waals surface area contributed by atoms with Crippen LogP contribution in [-0.4, -0.2) is 32.8 Å². The lowest BCUT2D eigenvalue weighted by atomic mass is 10.1. The molecular weight excluding hydrogens is 342 g/mol. The summed E-state index contributed by atoms with van der Waals surface area (Å²) in [6, 6.07) is 7.20. The number of amides is 1. The molecule has 3 rings (SSSR count). The van der Waals surface area contributed by atoms with Gasteiger partial charge < -0.3 is 10.4 Å². The van der Waals surface area contributed by atoms with Crippen LogP contribution in [0.5, 0.6) is 0 Å². The molecule has 132 valence electrons. The number of benzene rings is 1. The van der Waals surface area contributed by atoms with Gasteiger partial charge in [0.2, 0.25) is 0 Å². The number of aromatic nitrogens is 2. The zero-order valence-electron chi connectivity index (χ0n) is 13.9. The minimum absolute atomic E-state index is 0.104. The van der Waals surface area contributed by atoms with Gasteiger partial charge in [-0.15, -0.1) is 0 Å². The van der Waals surface area contributed by atoms with Gasteiger partial charge in [0.1, 0.15) is 0 Å². The predicted molar refractivity (Wildman–Crippen MR) is 94.2 cm³/mol. The van der Waals surface area contributed by atoms with Crippen molar-refractivity contribution in [3.63, 3.8) is 0 Å².